The van der Waals surface area contributed by atoms with Crippen molar-refractivity contribution in [3.8, 4) is 11.5 Å². The fraction of sp³-hybridized carbons (Fsp3) is 0.121. The number of methoxy groups -OCH3 is 2. The van der Waals surface area contributed by atoms with Crippen LogP contribution in [0.3, 0.4) is 0 Å². The van der Waals surface area contributed by atoms with Gasteiger partial charge in [0.15, 0.2) is 0 Å². The van der Waals surface area contributed by atoms with Crippen LogP contribution in [-0.4, -0.2) is 31.9 Å². The molecular weight excluding hydrogens is 550 g/mol. The maximum absolute atomic E-state index is 13.7. The molecule has 3 amide bonds. The topological polar surface area (TPSA) is 97.0 Å². The Labute approximate surface area is 248 Å². The molecule has 0 bridgehead atoms. The molecule has 4 aromatic rings. The van der Waals surface area contributed by atoms with Crippen LogP contribution in [0.1, 0.15) is 21.5 Å². The predicted molar refractivity (Wildman–Crippen MR) is 165 cm³/mol. The number of carbonyl (C=O) groups excluding carboxylic acids is 3. The van der Waals surface area contributed by atoms with E-state index in [2.05, 4.69) is 10.6 Å². The summed E-state index contributed by atoms with van der Waals surface area (Å²) in [5.74, 6) is 0.0593. The number of imide groups is 1. The number of benzene rings is 4. The summed E-state index contributed by atoms with van der Waals surface area (Å²) in [6, 6.07) is 26.7. The Kier molecular flexibility index (Phi) is 8.31. The molecule has 1 aliphatic rings. The van der Waals surface area contributed by atoms with Crippen molar-refractivity contribution in [3.63, 3.8) is 0 Å². The normalized spacial score (nSPS) is 12.9. The van der Waals surface area contributed by atoms with Crippen LogP contribution in [0.25, 0.3) is 0 Å². The number of amides is 3. The second-order valence-electron chi connectivity index (χ2n) is 9.62. The van der Waals surface area contributed by atoms with Crippen LogP contribution in [0.4, 0.5) is 17.1 Å². The van der Waals surface area contributed by atoms with E-state index < -0.39 is 11.8 Å². The number of rotatable bonds is 9. The van der Waals surface area contributed by atoms with E-state index in [4.69, 9.17) is 9.47 Å². The quantitative estimate of drug-likeness (QED) is 0.217. The highest BCUT2D eigenvalue weighted by Crippen LogP contribution is 2.39. The fourth-order valence-electron chi connectivity index (χ4n) is 4.37. The summed E-state index contributed by atoms with van der Waals surface area (Å²) in [5, 5.41) is 6.05. The number of nitrogens with one attached hydrogen (secondary N) is 2. The summed E-state index contributed by atoms with van der Waals surface area (Å²) in [6.07, 6.45) is 0. The Balaban J connectivity index is 1.42. The monoisotopic (exact) mass is 579 g/mol. The molecule has 42 heavy (non-hydrogen) atoms. The SMILES string of the molecule is COc1ccc(C(=O)Nc2ccc(SC3=C(Nc4cc(C)ccc4OC)C(=O)N(c4ccc(C)cc4)C3=O)cc2)cc1. The largest absolute Gasteiger partial charge is 0.497 e. The van der Waals surface area contributed by atoms with Crippen LogP contribution in [0.2, 0.25) is 0 Å². The third-order valence-electron chi connectivity index (χ3n) is 6.63. The van der Waals surface area contributed by atoms with E-state index >= 15 is 0 Å². The molecule has 0 fully saturated rings. The van der Waals surface area contributed by atoms with Crippen LogP contribution >= 0.6 is 11.8 Å². The van der Waals surface area contributed by atoms with Crippen molar-refractivity contribution in [2.45, 2.75) is 18.7 Å². The van der Waals surface area contributed by atoms with Gasteiger partial charge in [-0.2, -0.15) is 0 Å². The van der Waals surface area contributed by atoms with Crippen molar-refractivity contribution in [2.75, 3.05) is 29.8 Å². The van der Waals surface area contributed by atoms with Gasteiger partial charge < -0.3 is 20.1 Å². The van der Waals surface area contributed by atoms with Gasteiger partial charge in [0.25, 0.3) is 17.7 Å². The van der Waals surface area contributed by atoms with Gasteiger partial charge >= 0.3 is 0 Å². The van der Waals surface area contributed by atoms with E-state index in [0.29, 0.717) is 34.1 Å². The zero-order valence-electron chi connectivity index (χ0n) is 23.6. The van der Waals surface area contributed by atoms with Gasteiger partial charge in [-0.15, -0.1) is 0 Å². The van der Waals surface area contributed by atoms with E-state index in [1.54, 1.807) is 74.9 Å². The van der Waals surface area contributed by atoms with Gasteiger partial charge in [-0.05, 0) is 92.2 Å². The molecule has 0 unspecified atom stereocenters. The van der Waals surface area contributed by atoms with Crippen molar-refractivity contribution >= 4 is 46.5 Å². The molecule has 9 heteroatoms. The first-order valence-electron chi connectivity index (χ1n) is 13.1. The van der Waals surface area contributed by atoms with Gasteiger partial charge in [0.05, 0.1) is 25.6 Å². The Bertz CT molecular complexity index is 1680. The van der Waals surface area contributed by atoms with Crippen molar-refractivity contribution in [3.05, 3.63) is 118 Å². The number of aryl methyl sites for hydroxylation is 2. The molecule has 0 radical (unpaired) electrons. The molecule has 4 aromatic carbocycles. The van der Waals surface area contributed by atoms with E-state index in [1.165, 1.54) is 16.7 Å². The minimum Gasteiger partial charge on any atom is -0.497 e. The third-order valence-corrected chi connectivity index (χ3v) is 7.72. The Morgan fingerprint density at radius 2 is 1.43 bits per heavy atom. The third kappa shape index (κ3) is 6.01. The van der Waals surface area contributed by atoms with Gasteiger partial charge in [-0.1, -0.05) is 35.5 Å². The van der Waals surface area contributed by atoms with Gasteiger partial charge in [0.2, 0.25) is 0 Å². The minimum absolute atomic E-state index is 0.159. The molecular formula is C33H29N3O5S. The Morgan fingerprint density at radius 1 is 0.762 bits per heavy atom. The molecule has 0 atom stereocenters. The van der Waals surface area contributed by atoms with Gasteiger partial charge in [-0.25, -0.2) is 4.90 Å². The van der Waals surface area contributed by atoms with Gasteiger partial charge in [-0.3, -0.25) is 14.4 Å². The average Bonchev–Trinajstić information content (AvgIpc) is 3.22. The first-order valence-corrected chi connectivity index (χ1v) is 13.9. The second kappa shape index (κ2) is 12.2. The van der Waals surface area contributed by atoms with E-state index in [9.17, 15) is 14.4 Å². The molecule has 1 heterocycles. The van der Waals surface area contributed by atoms with Crippen LogP contribution in [0.15, 0.2) is 106 Å². The number of nitrogens with zero attached hydrogens (tertiary/aromatic N) is 1. The zero-order valence-corrected chi connectivity index (χ0v) is 24.4. The predicted octanol–water partition coefficient (Wildman–Crippen LogP) is 6.56. The molecule has 212 valence electrons. The lowest BCUT2D eigenvalue weighted by atomic mass is 10.2. The van der Waals surface area contributed by atoms with Crippen molar-refractivity contribution in [1.29, 1.82) is 0 Å². The fourth-order valence-corrected chi connectivity index (χ4v) is 5.29. The van der Waals surface area contributed by atoms with Crippen molar-refractivity contribution < 1.29 is 23.9 Å². The summed E-state index contributed by atoms with van der Waals surface area (Å²) in [7, 11) is 3.12. The van der Waals surface area contributed by atoms with Crippen LogP contribution in [-0.2, 0) is 9.59 Å². The van der Waals surface area contributed by atoms with Gasteiger partial charge in [0, 0.05) is 16.1 Å². The lowest BCUT2D eigenvalue weighted by molar-refractivity contribution is -0.120. The Hall–Kier alpha value is -5.02. The molecule has 1 aliphatic heterocycles. The standard InChI is InChI=1S/C33H29N3O5S/c1-20-5-12-24(13-6-20)36-32(38)29(35-27-19-21(2)7-18-28(27)41-4)30(33(36)39)42-26-16-10-23(11-17-26)34-31(37)22-8-14-25(40-3)15-9-22/h5-19,35H,1-4H3,(H,34,37). The van der Waals surface area contributed by atoms with Crippen molar-refractivity contribution in [2.24, 2.45) is 0 Å². The number of thioether (sulfide) groups is 1. The highest BCUT2D eigenvalue weighted by Gasteiger charge is 2.40. The summed E-state index contributed by atoms with van der Waals surface area (Å²) < 4.78 is 10.6. The van der Waals surface area contributed by atoms with Crippen LogP contribution < -0.4 is 25.0 Å². The summed E-state index contributed by atoms with van der Waals surface area (Å²) in [5.41, 5.74) is 4.29. The highest BCUT2D eigenvalue weighted by molar-refractivity contribution is 8.04. The number of carbonyl (C=O) groups is 3. The van der Waals surface area contributed by atoms with Crippen molar-refractivity contribution in [1.82, 2.24) is 0 Å². The number of anilines is 3. The number of hydrogen-bond acceptors (Lipinski definition) is 7. The summed E-state index contributed by atoms with van der Waals surface area (Å²) >= 11 is 1.18. The van der Waals surface area contributed by atoms with E-state index in [-0.39, 0.29) is 16.5 Å². The maximum Gasteiger partial charge on any atom is 0.283 e. The zero-order chi connectivity index (χ0) is 29.8. The second-order valence-corrected chi connectivity index (χ2v) is 10.7. The maximum atomic E-state index is 13.7. The molecule has 8 nitrogen and oxygen atoms in total. The number of ether oxygens (including phenoxy) is 2. The van der Waals surface area contributed by atoms with Gasteiger partial charge in [0.1, 0.15) is 22.1 Å². The first-order chi connectivity index (χ1) is 20.3. The summed E-state index contributed by atoms with van der Waals surface area (Å²) in [4.78, 5) is 42.3. The van der Waals surface area contributed by atoms with E-state index in [1.807, 2.05) is 44.2 Å². The molecule has 0 aromatic heterocycles. The highest BCUT2D eigenvalue weighted by atomic mass is 32.2. The molecule has 0 spiro atoms. The lowest BCUT2D eigenvalue weighted by Gasteiger charge is -2.16. The molecule has 0 aliphatic carbocycles. The first kappa shape index (κ1) is 28.5. The average molecular weight is 580 g/mol. The summed E-state index contributed by atoms with van der Waals surface area (Å²) in [6.45, 7) is 3.88. The molecule has 5 rings (SSSR count). The lowest BCUT2D eigenvalue weighted by Crippen LogP contribution is -2.32. The van der Waals surface area contributed by atoms with Crippen LogP contribution in [0.5, 0.6) is 11.5 Å². The molecule has 0 saturated heterocycles. The Morgan fingerprint density at radius 3 is 2.07 bits per heavy atom. The number of hydrogen-bond donors (Lipinski definition) is 2. The van der Waals surface area contributed by atoms with Crippen LogP contribution in [0, 0.1) is 13.8 Å². The molecule has 0 saturated carbocycles. The smallest absolute Gasteiger partial charge is 0.283 e. The molecule has 2 N–H and O–H groups in total. The van der Waals surface area contributed by atoms with E-state index in [0.717, 1.165) is 16.0 Å². The minimum atomic E-state index is -0.460.